The number of carbonyl (C=O) groups is 2. The smallest absolute Gasteiger partial charge is 0.295 e. The molecule has 1 aliphatic rings. The number of rotatable bonds is 10. The van der Waals surface area contributed by atoms with Gasteiger partial charge in [0, 0.05) is 42.4 Å². The van der Waals surface area contributed by atoms with Gasteiger partial charge in [0.2, 0.25) is 0 Å². The Labute approximate surface area is 203 Å². The van der Waals surface area contributed by atoms with Crippen LogP contribution in [0.4, 0.5) is 5.69 Å². The standard InChI is InChI=1S/C25H29N3O7/c1-5-26(6-2)13-14-27-22(19-12-11-18(34-3)15-20(19)35-4)21(24(30)25(27)31)23(29)16-7-9-17(10-8-16)28(32)33/h7-12,15,22,29H,5-6,13-14H2,1-4H3/b23-21-. The number of benzene rings is 2. The number of methoxy groups -OCH3 is 2. The highest BCUT2D eigenvalue weighted by Crippen LogP contribution is 2.43. The molecule has 1 N–H and O–H groups in total. The topological polar surface area (TPSA) is 122 Å². The van der Waals surface area contributed by atoms with Crippen molar-refractivity contribution in [3.8, 4) is 11.5 Å². The molecule has 1 unspecified atom stereocenters. The maximum absolute atomic E-state index is 13.2. The maximum Gasteiger partial charge on any atom is 0.295 e. The van der Waals surface area contributed by atoms with Gasteiger partial charge in [0.05, 0.1) is 30.8 Å². The second-order valence-electron chi connectivity index (χ2n) is 7.93. The van der Waals surface area contributed by atoms with Gasteiger partial charge in [-0.2, -0.15) is 0 Å². The van der Waals surface area contributed by atoms with Gasteiger partial charge < -0.3 is 24.4 Å². The first-order chi connectivity index (χ1) is 16.8. The highest BCUT2D eigenvalue weighted by molar-refractivity contribution is 6.46. The van der Waals surface area contributed by atoms with Crippen LogP contribution in [0.2, 0.25) is 0 Å². The number of non-ortho nitro benzene ring substituents is 1. The van der Waals surface area contributed by atoms with Crippen molar-refractivity contribution in [1.29, 1.82) is 0 Å². The highest BCUT2D eigenvalue weighted by Gasteiger charge is 2.47. The number of carbonyl (C=O) groups excluding carboxylic acids is 2. The Kier molecular flexibility index (Phi) is 8.08. The molecule has 10 nitrogen and oxygen atoms in total. The summed E-state index contributed by atoms with van der Waals surface area (Å²) < 4.78 is 10.8. The number of amides is 1. The van der Waals surface area contributed by atoms with Crippen LogP contribution in [0.25, 0.3) is 5.76 Å². The summed E-state index contributed by atoms with van der Waals surface area (Å²) in [6, 6.07) is 9.27. The normalized spacial score (nSPS) is 17.2. The summed E-state index contributed by atoms with van der Waals surface area (Å²) in [5.41, 5.74) is 0.437. The fraction of sp³-hybridized carbons (Fsp3) is 0.360. The number of hydrogen-bond donors (Lipinski definition) is 1. The number of ether oxygens (including phenoxy) is 2. The predicted octanol–water partition coefficient (Wildman–Crippen LogP) is 3.38. The number of likely N-dealkylation sites (N-methyl/N-ethyl adjacent to an activating group) is 1. The van der Waals surface area contributed by atoms with Gasteiger partial charge in [-0.25, -0.2) is 0 Å². The molecule has 1 fully saturated rings. The lowest BCUT2D eigenvalue weighted by atomic mass is 9.94. The van der Waals surface area contributed by atoms with Crippen molar-refractivity contribution >= 4 is 23.1 Å². The Bertz CT molecular complexity index is 1140. The molecule has 10 heteroatoms. The van der Waals surface area contributed by atoms with Crippen LogP contribution < -0.4 is 9.47 Å². The fourth-order valence-electron chi connectivity index (χ4n) is 4.16. The van der Waals surface area contributed by atoms with Crippen LogP contribution >= 0.6 is 0 Å². The van der Waals surface area contributed by atoms with Crippen molar-refractivity contribution in [2.75, 3.05) is 40.4 Å². The molecule has 2 aromatic carbocycles. The van der Waals surface area contributed by atoms with Crippen LogP contribution in [0.3, 0.4) is 0 Å². The van der Waals surface area contributed by atoms with Gasteiger partial charge >= 0.3 is 0 Å². The molecule has 1 saturated heterocycles. The minimum absolute atomic E-state index is 0.105. The van der Waals surface area contributed by atoms with Gasteiger partial charge in [-0.15, -0.1) is 0 Å². The van der Waals surface area contributed by atoms with Gasteiger partial charge in [0.15, 0.2) is 0 Å². The Morgan fingerprint density at radius 3 is 2.29 bits per heavy atom. The lowest BCUT2D eigenvalue weighted by Crippen LogP contribution is -2.38. The number of nitro benzene ring substituents is 1. The van der Waals surface area contributed by atoms with Crippen molar-refractivity contribution in [3.63, 3.8) is 0 Å². The SMILES string of the molecule is CCN(CC)CCN1C(=O)C(=O)/C(=C(\O)c2ccc([N+](=O)[O-])cc2)C1c1ccc(OC)cc1OC. The van der Waals surface area contributed by atoms with Crippen LogP contribution in [0.1, 0.15) is 31.0 Å². The number of aliphatic hydroxyl groups excluding tert-OH is 1. The zero-order chi connectivity index (χ0) is 25.7. The lowest BCUT2D eigenvalue weighted by Gasteiger charge is -2.29. The molecule has 1 heterocycles. The quantitative estimate of drug-likeness (QED) is 0.179. The highest BCUT2D eigenvalue weighted by atomic mass is 16.6. The molecule has 35 heavy (non-hydrogen) atoms. The zero-order valence-corrected chi connectivity index (χ0v) is 20.2. The molecule has 2 aromatic rings. The van der Waals surface area contributed by atoms with Crippen molar-refractivity contribution < 1.29 is 29.1 Å². The average molecular weight is 484 g/mol. The number of ketones is 1. The number of nitrogens with zero attached hydrogens (tertiary/aromatic N) is 3. The first-order valence-electron chi connectivity index (χ1n) is 11.2. The van der Waals surface area contributed by atoms with Crippen LogP contribution in [0.15, 0.2) is 48.0 Å². The van der Waals surface area contributed by atoms with Gasteiger partial charge in [0.1, 0.15) is 17.3 Å². The fourth-order valence-corrected chi connectivity index (χ4v) is 4.16. The summed E-state index contributed by atoms with van der Waals surface area (Å²) in [6.45, 7) is 6.36. The first kappa shape index (κ1) is 25.7. The minimum atomic E-state index is -0.915. The van der Waals surface area contributed by atoms with E-state index in [0.29, 0.717) is 23.6 Å². The van der Waals surface area contributed by atoms with E-state index in [-0.39, 0.29) is 23.4 Å². The van der Waals surface area contributed by atoms with E-state index < -0.39 is 28.4 Å². The molecule has 186 valence electrons. The van der Waals surface area contributed by atoms with Gasteiger partial charge in [-0.3, -0.25) is 19.7 Å². The number of Topliss-reactive ketones (excluding diaryl/α,β-unsaturated/α-hetero) is 1. The van der Waals surface area contributed by atoms with Gasteiger partial charge in [-0.1, -0.05) is 13.8 Å². The van der Waals surface area contributed by atoms with Gasteiger partial charge in [0.25, 0.3) is 17.4 Å². The monoisotopic (exact) mass is 483 g/mol. The third-order valence-corrected chi connectivity index (χ3v) is 6.18. The van der Waals surface area contributed by atoms with E-state index in [4.69, 9.17) is 9.47 Å². The van der Waals surface area contributed by atoms with E-state index in [1.165, 1.54) is 43.4 Å². The zero-order valence-electron chi connectivity index (χ0n) is 20.2. The van der Waals surface area contributed by atoms with Crippen molar-refractivity contribution in [1.82, 2.24) is 9.80 Å². The number of nitro groups is 1. The summed E-state index contributed by atoms with van der Waals surface area (Å²) in [7, 11) is 2.98. The first-order valence-corrected chi connectivity index (χ1v) is 11.2. The molecule has 0 bridgehead atoms. The maximum atomic E-state index is 13.2. The molecule has 3 rings (SSSR count). The molecule has 1 aliphatic heterocycles. The minimum Gasteiger partial charge on any atom is -0.507 e. The molecule has 0 aromatic heterocycles. The number of aliphatic hydroxyl groups is 1. The predicted molar refractivity (Wildman–Crippen MR) is 129 cm³/mol. The van der Waals surface area contributed by atoms with Crippen LogP contribution in [0.5, 0.6) is 11.5 Å². The summed E-state index contributed by atoms with van der Waals surface area (Å²) >= 11 is 0. The Morgan fingerprint density at radius 1 is 1.09 bits per heavy atom. The van der Waals surface area contributed by atoms with E-state index in [1.54, 1.807) is 18.2 Å². The van der Waals surface area contributed by atoms with E-state index in [1.807, 2.05) is 13.8 Å². The molecular weight excluding hydrogens is 454 g/mol. The molecule has 1 amide bonds. The lowest BCUT2D eigenvalue weighted by molar-refractivity contribution is -0.384. The summed E-state index contributed by atoms with van der Waals surface area (Å²) in [4.78, 5) is 40.4. The average Bonchev–Trinajstić information content (AvgIpc) is 3.13. The molecular formula is C25H29N3O7. The second kappa shape index (κ2) is 11.0. The Balaban J connectivity index is 2.17. The number of hydrogen-bond acceptors (Lipinski definition) is 8. The third kappa shape index (κ3) is 5.12. The molecule has 0 spiro atoms. The second-order valence-corrected chi connectivity index (χ2v) is 7.93. The third-order valence-electron chi connectivity index (χ3n) is 6.18. The summed E-state index contributed by atoms with van der Waals surface area (Å²) in [5.74, 6) is -1.06. The van der Waals surface area contributed by atoms with Crippen LogP contribution in [-0.4, -0.2) is 71.9 Å². The van der Waals surface area contributed by atoms with Crippen molar-refractivity contribution in [2.24, 2.45) is 0 Å². The van der Waals surface area contributed by atoms with Gasteiger partial charge in [-0.05, 0) is 37.4 Å². The van der Waals surface area contributed by atoms with Crippen LogP contribution in [0, 0.1) is 10.1 Å². The number of likely N-dealkylation sites (tertiary alicyclic amines) is 1. The van der Waals surface area contributed by atoms with Crippen molar-refractivity contribution in [2.45, 2.75) is 19.9 Å². The van der Waals surface area contributed by atoms with E-state index in [9.17, 15) is 24.8 Å². The molecule has 0 saturated carbocycles. The largest absolute Gasteiger partial charge is 0.507 e. The Hall–Kier alpha value is -3.92. The summed E-state index contributed by atoms with van der Waals surface area (Å²) in [6.07, 6.45) is 0. The van der Waals surface area contributed by atoms with E-state index >= 15 is 0 Å². The van der Waals surface area contributed by atoms with E-state index in [2.05, 4.69) is 4.90 Å². The van der Waals surface area contributed by atoms with E-state index in [0.717, 1.165) is 13.1 Å². The van der Waals surface area contributed by atoms with Crippen LogP contribution in [-0.2, 0) is 9.59 Å². The molecule has 1 atom stereocenters. The summed E-state index contributed by atoms with van der Waals surface area (Å²) in [5, 5.41) is 22.2. The Morgan fingerprint density at radius 2 is 1.74 bits per heavy atom. The molecule has 0 aliphatic carbocycles. The molecule has 0 radical (unpaired) electrons. The van der Waals surface area contributed by atoms with Crippen molar-refractivity contribution in [3.05, 3.63) is 69.3 Å².